The predicted octanol–water partition coefficient (Wildman–Crippen LogP) is 4.42. The lowest BCUT2D eigenvalue weighted by Gasteiger charge is -2.23. The van der Waals surface area contributed by atoms with E-state index in [1.165, 1.54) is 0 Å². The largest absolute Gasteiger partial charge is 0.415 e. The second-order valence-electron chi connectivity index (χ2n) is 7.80. The van der Waals surface area contributed by atoms with Crippen LogP contribution in [-0.4, -0.2) is 32.4 Å². The first-order valence-electron chi connectivity index (χ1n) is 10.3. The molecule has 0 bridgehead atoms. The van der Waals surface area contributed by atoms with Crippen LogP contribution in [0.2, 0.25) is 5.02 Å². The highest BCUT2D eigenvalue weighted by Crippen LogP contribution is 2.27. The number of imidazole rings is 1. The van der Waals surface area contributed by atoms with E-state index in [0.717, 1.165) is 42.5 Å². The van der Waals surface area contributed by atoms with Gasteiger partial charge in [0.05, 0.1) is 17.6 Å². The fourth-order valence-corrected chi connectivity index (χ4v) is 4.37. The van der Waals surface area contributed by atoms with E-state index in [-0.39, 0.29) is 17.6 Å². The molecule has 166 valence electrons. The minimum absolute atomic E-state index is 0.0289. The lowest BCUT2D eigenvalue weighted by molar-refractivity contribution is 0.116. The second-order valence-corrected chi connectivity index (χ2v) is 8.23. The van der Waals surface area contributed by atoms with E-state index in [1.807, 2.05) is 28.8 Å². The summed E-state index contributed by atoms with van der Waals surface area (Å²) in [5, 5.41) is 10.9. The van der Waals surface area contributed by atoms with Gasteiger partial charge in [0.15, 0.2) is 0 Å². The smallest absolute Gasteiger partial charge is 0.329 e. The van der Waals surface area contributed by atoms with Crippen LogP contribution in [0.1, 0.15) is 36.8 Å². The third-order valence-electron chi connectivity index (χ3n) is 5.77. The first-order chi connectivity index (χ1) is 15.5. The number of halogens is 3. The van der Waals surface area contributed by atoms with Crippen molar-refractivity contribution < 1.29 is 13.2 Å². The molecule has 0 amide bonds. The summed E-state index contributed by atoms with van der Waals surface area (Å²) in [5.74, 6) is -0.679. The lowest BCUT2D eigenvalue weighted by Crippen LogP contribution is -2.35. The second kappa shape index (κ2) is 8.48. The van der Waals surface area contributed by atoms with Gasteiger partial charge in [-0.15, -0.1) is 10.2 Å². The number of rotatable bonds is 5. The van der Waals surface area contributed by atoms with Crippen molar-refractivity contribution in [3.05, 3.63) is 69.4 Å². The molecule has 1 aliphatic rings. The average Bonchev–Trinajstić information content (AvgIpc) is 3.39. The van der Waals surface area contributed by atoms with Crippen molar-refractivity contribution in [2.75, 3.05) is 13.1 Å². The highest BCUT2D eigenvalue weighted by molar-refractivity contribution is 6.31. The standard InChI is InChI=1S/C22H20ClF2N5O2/c23-15-5-6-17-18(11-15)30(16-7-9-26-10-8-16)22(31)29(17)12-13-1-3-14(4-2-13)20-27-28-21(32-20)19(24)25/h1-6,11,16,19,26H,7-10,12H2. The molecular formula is C22H20ClF2N5O2. The Morgan fingerprint density at radius 3 is 2.53 bits per heavy atom. The van der Waals surface area contributed by atoms with Crippen molar-refractivity contribution in [3.8, 4) is 11.5 Å². The number of nitrogens with one attached hydrogen (secondary N) is 1. The van der Waals surface area contributed by atoms with E-state index < -0.39 is 12.3 Å². The Morgan fingerprint density at radius 1 is 1.09 bits per heavy atom. The summed E-state index contributed by atoms with van der Waals surface area (Å²) in [4.78, 5) is 13.4. The fourth-order valence-electron chi connectivity index (χ4n) is 4.20. The van der Waals surface area contributed by atoms with Crippen LogP contribution in [0.3, 0.4) is 0 Å². The molecule has 1 N–H and O–H groups in total. The third-order valence-corrected chi connectivity index (χ3v) is 6.00. The first kappa shape index (κ1) is 20.8. The van der Waals surface area contributed by atoms with Crippen LogP contribution in [-0.2, 0) is 6.54 Å². The summed E-state index contributed by atoms with van der Waals surface area (Å²) in [7, 11) is 0. The number of benzene rings is 2. The minimum atomic E-state index is -2.81. The number of alkyl halides is 2. The van der Waals surface area contributed by atoms with Gasteiger partial charge in [0.1, 0.15) is 0 Å². The van der Waals surface area contributed by atoms with E-state index >= 15 is 0 Å². The SMILES string of the molecule is O=c1n(Cc2ccc(-c3nnc(C(F)F)o3)cc2)c2ccc(Cl)cc2n1C1CCNCC1. The van der Waals surface area contributed by atoms with E-state index in [4.69, 9.17) is 16.0 Å². The zero-order valence-electron chi connectivity index (χ0n) is 17.0. The Labute approximate surface area is 186 Å². The summed E-state index contributed by atoms with van der Waals surface area (Å²) >= 11 is 6.24. The molecule has 0 atom stereocenters. The third kappa shape index (κ3) is 3.82. The van der Waals surface area contributed by atoms with Crippen molar-refractivity contribution in [1.29, 1.82) is 0 Å². The summed E-state index contributed by atoms with van der Waals surface area (Å²) in [6.07, 6.45) is -1.05. The lowest BCUT2D eigenvalue weighted by atomic mass is 10.1. The molecule has 3 heterocycles. The fraction of sp³-hybridized carbons (Fsp3) is 0.318. The molecule has 7 nitrogen and oxygen atoms in total. The van der Waals surface area contributed by atoms with Gasteiger partial charge < -0.3 is 9.73 Å². The molecule has 0 spiro atoms. The van der Waals surface area contributed by atoms with Crippen molar-refractivity contribution in [3.63, 3.8) is 0 Å². The van der Waals surface area contributed by atoms with E-state index in [9.17, 15) is 13.6 Å². The number of hydrogen-bond acceptors (Lipinski definition) is 5. The van der Waals surface area contributed by atoms with Gasteiger partial charge in [-0.05, 0) is 61.8 Å². The normalized spacial score (nSPS) is 15.1. The summed E-state index contributed by atoms with van der Waals surface area (Å²) in [6.45, 7) is 2.10. The maximum Gasteiger partial charge on any atom is 0.329 e. The van der Waals surface area contributed by atoms with Crippen LogP contribution >= 0.6 is 11.6 Å². The molecule has 1 aliphatic heterocycles. The van der Waals surface area contributed by atoms with Crippen LogP contribution in [0.15, 0.2) is 51.7 Å². The molecule has 1 fully saturated rings. The number of aromatic nitrogens is 4. The van der Waals surface area contributed by atoms with Crippen molar-refractivity contribution in [2.24, 2.45) is 0 Å². The molecule has 0 unspecified atom stereocenters. The summed E-state index contributed by atoms with van der Waals surface area (Å²) in [6, 6.07) is 12.7. The number of fused-ring (bicyclic) bond motifs is 1. The van der Waals surface area contributed by atoms with E-state index in [1.54, 1.807) is 22.8 Å². The predicted molar refractivity (Wildman–Crippen MR) is 116 cm³/mol. The highest BCUT2D eigenvalue weighted by Gasteiger charge is 2.23. The van der Waals surface area contributed by atoms with Gasteiger partial charge in [-0.2, -0.15) is 8.78 Å². The zero-order valence-corrected chi connectivity index (χ0v) is 17.7. The maximum atomic E-state index is 13.4. The Hall–Kier alpha value is -3.04. The van der Waals surface area contributed by atoms with Gasteiger partial charge in [-0.3, -0.25) is 9.13 Å². The minimum Gasteiger partial charge on any atom is -0.415 e. The molecule has 2 aromatic carbocycles. The molecule has 0 aliphatic carbocycles. The molecule has 1 saturated heterocycles. The maximum absolute atomic E-state index is 13.4. The zero-order chi connectivity index (χ0) is 22.2. The molecule has 2 aromatic heterocycles. The van der Waals surface area contributed by atoms with Gasteiger partial charge in [0.25, 0.3) is 5.89 Å². The Balaban J connectivity index is 1.48. The van der Waals surface area contributed by atoms with Gasteiger partial charge in [-0.1, -0.05) is 23.7 Å². The van der Waals surface area contributed by atoms with Gasteiger partial charge in [0.2, 0.25) is 5.89 Å². The topological polar surface area (TPSA) is 77.9 Å². The Bertz CT molecular complexity index is 1310. The van der Waals surface area contributed by atoms with E-state index in [2.05, 4.69) is 15.5 Å². The number of hydrogen-bond donors (Lipinski definition) is 1. The van der Waals surface area contributed by atoms with Gasteiger partial charge in [0, 0.05) is 16.6 Å². The van der Waals surface area contributed by atoms with Crippen LogP contribution in [0.25, 0.3) is 22.5 Å². The van der Waals surface area contributed by atoms with Crippen LogP contribution in [0, 0.1) is 0 Å². The van der Waals surface area contributed by atoms with Crippen molar-refractivity contribution in [2.45, 2.75) is 31.9 Å². The van der Waals surface area contributed by atoms with Crippen molar-refractivity contribution in [1.82, 2.24) is 24.6 Å². The molecular weight excluding hydrogens is 440 g/mol. The average molecular weight is 460 g/mol. The molecule has 10 heteroatoms. The molecule has 0 saturated carbocycles. The number of piperidine rings is 1. The van der Waals surface area contributed by atoms with Crippen LogP contribution in [0.4, 0.5) is 8.78 Å². The van der Waals surface area contributed by atoms with Gasteiger partial charge >= 0.3 is 12.1 Å². The highest BCUT2D eigenvalue weighted by atomic mass is 35.5. The van der Waals surface area contributed by atoms with Crippen LogP contribution in [0.5, 0.6) is 0 Å². The quantitative estimate of drug-likeness (QED) is 0.478. The molecule has 0 radical (unpaired) electrons. The molecule has 4 aromatic rings. The first-order valence-corrected chi connectivity index (χ1v) is 10.7. The Morgan fingerprint density at radius 2 is 1.84 bits per heavy atom. The number of nitrogens with zero attached hydrogens (tertiary/aromatic N) is 4. The molecule has 32 heavy (non-hydrogen) atoms. The van der Waals surface area contributed by atoms with Gasteiger partial charge in [-0.25, -0.2) is 4.79 Å². The monoisotopic (exact) mass is 459 g/mol. The van der Waals surface area contributed by atoms with Crippen LogP contribution < -0.4 is 11.0 Å². The van der Waals surface area contributed by atoms with E-state index in [0.29, 0.717) is 17.1 Å². The van der Waals surface area contributed by atoms with Crippen molar-refractivity contribution >= 4 is 22.6 Å². The summed E-state index contributed by atoms with van der Waals surface area (Å²) in [5.41, 5.74) is 2.99. The summed E-state index contributed by atoms with van der Waals surface area (Å²) < 4.78 is 34.0. The Kier molecular flexibility index (Phi) is 5.52. The molecule has 5 rings (SSSR count).